The maximum Gasteiger partial charge on any atom is 1.00 e. The summed E-state index contributed by atoms with van der Waals surface area (Å²) >= 11 is 0. The SMILES string of the molecule is O=C(Cc1ccccc1)NCC#Cc1cn([C@H]2C[C@H](O)[C@@H](COP(=O)([O-])[O-])O2)c(=O)[nH]c1=O.[Na+].[Na+]. The van der Waals surface area contributed by atoms with Crippen molar-refractivity contribution in [3.8, 4) is 11.8 Å². The Morgan fingerprint density at radius 2 is 1.97 bits per heavy atom. The molecule has 15 heteroatoms. The van der Waals surface area contributed by atoms with Crippen LogP contribution in [0.3, 0.4) is 0 Å². The first-order chi connectivity index (χ1) is 15.6. The molecule has 0 spiro atoms. The minimum absolute atomic E-state index is 0. The molecule has 3 N–H and O–H groups in total. The summed E-state index contributed by atoms with van der Waals surface area (Å²) in [5, 5.41) is 12.6. The van der Waals surface area contributed by atoms with Crippen LogP contribution in [0, 0.1) is 11.8 Å². The van der Waals surface area contributed by atoms with Crippen molar-refractivity contribution in [3.05, 3.63) is 68.5 Å². The van der Waals surface area contributed by atoms with Gasteiger partial charge < -0.3 is 34.0 Å². The van der Waals surface area contributed by atoms with Crippen LogP contribution in [0.1, 0.15) is 23.8 Å². The normalized spacial score (nSPS) is 19.0. The number of aliphatic hydroxyl groups excluding tert-OH is 1. The first-order valence-electron chi connectivity index (χ1n) is 9.77. The number of amides is 1. The zero-order valence-electron chi connectivity index (χ0n) is 19.1. The Kier molecular flexibility index (Phi) is 13.4. The van der Waals surface area contributed by atoms with Crippen LogP contribution in [0.15, 0.2) is 46.1 Å². The van der Waals surface area contributed by atoms with Gasteiger partial charge in [-0.1, -0.05) is 42.2 Å². The second kappa shape index (κ2) is 14.6. The average molecular weight is 523 g/mol. The zero-order valence-corrected chi connectivity index (χ0v) is 24.0. The van der Waals surface area contributed by atoms with E-state index in [0.29, 0.717) is 0 Å². The van der Waals surface area contributed by atoms with Gasteiger partial charge in [0.1, 0.15) is 17.9 Å². The molecule has 12 nitrogen and oxygen atoms in total. The zero-order chi connectivity index (χ0) is 24.0. The van der Waals surface area contributed by atoms with Crippen LogP contribution in [0.5, 0.6) is 0 Å². The van der Waals surface area contributed by atoms with Crippen molar-refractivity contribution in [2.75, 3.05) is 13.2 Å². The van der Waals surface area contributed by atoms with Crippen molar-refractivity contribution >= 4 is 13.7 Å². The first kappa shape index (κ1) is 32.0. The van der Waals surface area contributed by atoms with Crippen molar-refractivity contribution in [1.82, 2.24) is 14.9 Å². The molecular weight excluding hydrogens is 503 g/mol. The van der Waals surface area contributed by atoms with Gasteiger partial charge >= 0.3 is 64.8 Å². The maximum absolute atomic E-state index is 12.2. The van der Waals surface area contributed by atoms with Gasteiger partial charge in [0.05, 0.1) is 33.5 Å². The predicted molar refractivity (Wildman–Crippen MR) is 109 cm³/mol. The largest absolute Gasteiger partial charge is 1.00 e. The van der Waals surface area contributed by atoms with Crippen LogP contribution in [0.25, 0.3) is 0 Å². The van der Waals surface area contributed by atoms with Crippen molar-refractivity contribution in [2.45, 2.75) is 31.3 Å². The third-order valence-corrected chi connectivity index (χ3v) is 5.15. The van der Waals surface area contributed by atoms with Crippen molar-refractivity contribution in [1.29, 1.82) is 0 Å². The number of aromatic amines is 1. The number of phosphoric ester groups is 1. The minimum Gasteiger partial charge on any atom is -0.790 e. The first-order valence-corrected chi connectivity index (χ1v) is 11.2. The number of hydrogen-bond acceptors (Lipinski definition) is 9. The molecule has 1 aromatic heterocycles. The Hall–Kier alpha value is -1.04. The quantitative estimate of drug-likeness (QED) is 0.180. The number of nitrogens with zero attached hydrogens (tertiary/aromatic N) is 1. The van der Waals surface area contributed by atoms with Gasteiger partial charge in [-0.05, 0) is 5.56 Å². The van der Waals surface area contributed by atoms with Crippen LogP contribution in [-0.2, 0) is 25.0 Å². The van der Waals surface area contributed by atoms with E-state index in [-0.39, 0.29) is 90.0 Å². The monoisotopic (exact) mass is 523 g/mol. The van der Waals surface area contributed by atoms with Crippen molar-refractivity contribution in [3.63, 3.8) is 0 Å². The van der Waals surface area contributed by atoms with E-state index in [1.165, 1.54) is 0 Å². The average Bonchev–Trinajstić information content (AvgIpc) is 3.11. The number of rotatable bonds is 7. The molecule has 1 fully saturated rings. The van der Waals surface area contributed by atoms with E-state index in [9.17, 15) is 33.8 Å². The van der Waals surface area contributed by atoms with Crippen molar-refractivity contribution < 1.29 is 92.6 Å². The number of aliphatic hydroxyl groups is 1. The van der Waals surface area contributed by atoms with Gasteiger partial charge in [0.15, 0.2) is 0 Å². The van der Waals surface area contributed by atoms with E-state index in [4.69, 9.17) is 4.74 Å². The molecule has 2 heterocycles. The minimum atomic E-state index is -5.26. The second-order valence-corrected chi connectivity index (χ2v) is 8.28. The molecule has 35 heavy (non-hydrogen) atoms. The molecule has 1 aliphatic rings. The number of hydrogen-bond donors (Lipinski definition) is 3. The van der Waals surface area contributed by atoms with Crippen LogP contribution < -0.4 is 85.5 Å². The number of benzene rings is 1. The Balaban J connectivity index is 0.00000306. The van der Waals surface area contributed by atoms with Crippen molar-refractivity contribution in [2.24, 2.45) is 0 Å². The third kappa shape index (κ3) is 10.1. The topological polar surface area (TPSA) is 186 Å². The maximum atomic E-state index is 12.2. The van der Waals surface area contributed by atoms with E-state index >= 15 is 0 Å². The summed E-state index contributed by atoms with van der Waals surface area (Å²) in [7, 11) is -5.26. The summed E-state index contributed by atoms with van der Waals surface area (Å²) in [4.78, 5) is 59.5. The van der Waals surface area contributed by atoms with Gasteiger partial charge in [-0.3, -0.25) is 19.1 Å². The van der Waals surface area contributed by atoms with E-state index < -0.39 is 44.1 Å². The molecule has 176 valence electrons. The molecule has 0 radical (unpaired) electrons. The molecule has 0 unspecified atom stereocenters. The van der Waals surface area contributed by atoms with Crippen LogP contribution >= 0.6 is 7.82 Å². The smallest absolute Gasteiger partial charge is 0.790 e. The summed E-state index contributed by atoms with van der Waals surface area (Å²) in [6.45, 7) is -0.748. The fourth-order valence-electron chi connectivity index (χ4n) is 3.11. The van der Waals surface area contributed by atoms with Crippen LogP contribution in [0.2, 0.25) is 0 Å². The Bertz CT molecular complexity index is 1220. The molecule has 0 saturated carbocycles. The Morgan fingerprint density at radius 3 is 2.63 bits per heavy atom. The van der Waals surface area contributed by atoms with Gasteiger partial charge in [0, 0.05) is 12.6 Å². The molecule has 2 aromatic rings. The van der Waals surface area contributed by atoms with E-state index in [1.807, 2.05) is 30.3 Å². The van der Waals surface area contributed by atoms with Gasteiger partial charge in [0.25, 0.3) is 5.56 Å². The van der Waals surface area contributed by atoms with Gasteiger partial charge in [-0.25, -0.2) is 4.79 Å². The molecular formula is C20H20N3Na2O9P. The van der Waals surface area contributed by atoms with E-state index in [2.05, 4.69) is 26.7 Å². The number of carbonyl (C=O) groups is 1. The molecule has 1 saturated heterocycles. The summed E-state index contributed by atoms with van der Waals surface area (Å²) in [5.74, 6) is 4.93. The fourth-order valence-corrected chi connectivity index (χ4v) is 3.44. The van der Waals surface area contributed by atoms with Gasteiger partial charge in [-0.15, -0.1) is 0 Å². The number of aromatic nitrogens is 2. The number of ether oxygens (including phenoxy) is 1. The molecule has 1 amide bonds. The van der Waals surface area contributed by atoms with Gasteiger partial charge in [0.2, 0.25) is 5.91 Å². The molecule has 0 aliphatic carbocycles. The summed E-state index contributed by atoms with van der Waals surface area (Å²) in [5.41, 5.74) is -0.842. The Labute approximate surface area is 244 Å². The Morgan fingerprint density at radius 1 is 1.29 bits per heavy atom. The molecule has 1 aliphatic heterocycles. The molecule has 3 rings (SSSR count). The summed E-state index contributed by atoms with van der Waals surface area (Å²) < 4.78 is 21.1. The second-order valence-electron chi connectivity index (χ2n) is 7.13. The number of phosphoric acid groups is 1. The fraction of sp³-hybridized carbons (Fsp3) is 0.350. The number of nitrogens with one attached hydrogen (secondary N) is 2. The number of carbonyl (C=O) groups excluding carboxylic acids is 1. The van der Waals surface area contributed by atoms with E-state index in [0.717, 1.165) is 16.3 Å². The number of H-pyrrole nitrogens is 1. The van der Waals surface area contributed by atoms with Crippen LogP contribution in [0.4, 0.5) is 0 Å². The molecule has 1 aromatic carbocycles. The van der Waals surface area contributed by atoms with E-state index in [1.54, 1.807) is 0 Å². The van der Waals surface area contributed by atoms with Gasteiger partial charge in [-0.2, -0.15) is 0 Å². The standard InChI is InChI=1S/C20H22N3O9P.2Na/c24-15-10-18(32-16(15)12-31-33(28,29)30)23-11-14(19(26)22-20(23)27)7-4-8-21-17(25)9-13-5-2-1-3-6-13;;/h1-3,5-6,11,15-16,18,24H,8-10,12H2,(H,21,25)(H,22,26,27)(H2,28,29,30);;/q;2*+1/p-2/t15-,16+,18+;;/m0../s1. The predicted octanol–water partition coefficient (Wildman–Crippen LogP) is -8.25. The van der Waals surface area contributed by atoms with Crippen LogP contribution in [-0.4, -0.2) is 45.9 Å². The molecule has 0 bridgehead atoms. The third-order valence-electron chi connectivity index (χ3n) is 4.68. The molecule has 3 atom stereocenters. The summed E-state index contributed by atoms with van der Waals surface area (Å²) in [6.07, 6.45) is -2.25. The summed E-state index contributed by atoms with van der Waals surface area (Å²) in [6, 6.07) is 9.10.